The monoisotopic (exact) mass is 363 g/mol. The molecule has 1 aromatic carbocycles. The molecule has 3 rings (SSSR count). The van der Waals surface area contributed by atoms with Crippen LogP contribution in [0.4, 0.5) is 0 Å². The summed E-state index contributed by atoms with van der Waals surface area (Å²) < 4.78 is 17.9. The van der Waals surface area contributed by atoms with Gasteiger partial charge in [-0.05, 0) is 36.8 Å². The first-order valence-electron chi connectivity index (χ1n) is 9.47. The lowest BCUT2D eigenvalue weighted by Crippen LogP contribution is -2.43. The second-order valence-electron chi connectivity index (χ2n) is 7.16. The zero-order chi connectivity index (χ0) is 17.6. The molecule has 0 bridgehead atoms. The van der Waals surface area contributed by atoms with E-state index in [-0.39, 0.29) is 16.9 Å². The van der Waals surface area contributed by atoms with Crippen molar-refractivity contribution in [3.8, 4) is 0 Å². The molecule has 0 radical (unpaired) electrons. The van der Waals surface area contributed by atoms with Gasteiger partial charge in [0.15, 0.2) is 0 Å². The molecule has 0 N–H and O–H groups in total. The van der Waals surface area contributed by atoms with Crippen LogP contribution in [-0.4, -0.2) is 47.1 Å². The molecule has 2 unspecified atom stereocenters. The molecule has 1 aliphatic carbocycles. The number of benzene rings is 1. The van der Waals surface area contributed by atoms with Crippen LogP contribution in [0.2, 0.25) is 0 Å². The fourth-order valence-electron chi connectivity index (χ4n) is 3.78. The zero-order valence-corrected chi connectivity index (χ0v) is 15.9. The lowest BCUT2D eigenvalue weighted by Gasteiger charge is -2.27. The number of carbonyl (C=O) groups excluding carboxylic acids is 1. The first-order valence-corrected chi connectivity index (χ1v) is 10.9. The maximum Gasteiger partial charge on any atom is 0.235 e. The van der Waals surface area contributed by atoms with Crippen molar-refractivity contribution in [3.63, 3.8) is 0 Å². The number of rotatable bonds is 5. The highest BCUT2D eigenvalue weighted by Gasteiger charge is 2.23. The van der Waals surface area contributed by atoms with Gasteiger partial charge in [-0.3, -0.25) is 9.00 Å². The number of amides is 1. The van der Waals surface area contributed by atoms with Crippen molar-refractivity contribution in [2.24, 2.45) is 0 Å². The van der Waals surface area contributed by atoms with Crippen molar-refractivity contribution >= 4 is 16.7 Å². The maximum atomic E-state index is 12.6. The fourth-order valence-corrected chi connectivity index (χ4v) is 4.91. The summed E-state index contributed by atoms with van der Waals surface area (Å²) in [5.41, 5.74) is 2.47. The Morgan fingerprint density at radius 3 is 2.44 bits per heavy atom. The number of hydrogen-bond donors (Lipinski definition) is 0. The molecule has 1 saturated heterocycles. The molecule has 2 fully saturated rings. The van der Waals surface area contributed by atoms with E-state index >= 15 is 0 Å². The van der Waals surface area contributed by atoms with Crippen LogP contribution in [0.15, 0.2) is 24.3 Å². The molecule has 1 aromatic rings. The third-order valence-electron chi connectivity index (χ3n) is 5.51. The highest BCUT2D eigenvalue weighted by atomic mass is 32.2. The zero-order valence-electron chi connectivity index (χ0n) is 15.1. The minimum Gasteiger partial charge on any atom is -0.378 e. The van der Waals surface area contributed by atoms with E-state index in [1.54, 1.807) is 4.90 Å². The predicted molar refractivity (Wildman–Crippen MR) is 101 cm³/mol. The number of nitrogens with zero attached hydrogens (tertiary/aromatic N) is 1. The number of carbonyl (C=O) groups is 1. The summed E-state index contributed by atoms with van der Waals surface area (Å²) in [4.78, 5) is 14.0. The maximum absolute atomic E-state index is 12.6. The van der Waals surface area contributed by atoms with Crippen LogP contribution in [0.1, 0.15) is 61.3 Å². The topological polar surface area (TPSA) is 46.6 Å². The first-order chi connectivity index (χ1) is 12.1. The van der Waals surface area contributed by atoms with Gasteiger partial charge in [-0.2, -0.15) is 0 Å². The SMILES string of the molecule is CC(c1ccc(C2CCCCC2)cc1)S(=O)CC(=O)N1CCOCC1. The smallest absolute Gasteiger partial charge is 0.235 e. The third kappa shape index (κ3) is 4.91. The van der Waals surface area contributed by atoms with Crippen molar-refractivity contribution in [3.05, 3.63) is 35.4 Å². The van der Waals surface area contributed by atoms with Crippen molar-refractivity contribution in [1.29, 1.82) is 0 Å². The molecule has 1 heterocycles. The normalized spacial score (nSPS) is 21.7. The van der Waals surface area contributed by atoms with E-state index < -0.39 is 10.8 Å². The Morgan fingerprint density at radius 2 is 1.80 bits per heavy atom. The van der Waals surface area contributed by atoms with E-state index in [1.807, 2.05) is 6.92 Å². The standard InChI is InChI=1S/C20H29NO3S/c1-16(25(23)15-20(22)21-11-13-24-14-12-21)17-7-9-19(10-8-17)18-5-3-2-4-6-18/h7-10,16,18H,2-6,11-15H2,1H3. The lowest BCUT2D eigenvalue weighted by molar-refractivity contribution is -0.132. The molecule has 25 heavy (non-hydrogen) atoms. The predicted octanol–water partition coefficient (Wildman–Crippen LogP) is 3.40. The van der Waals surface area contributed by atoms with Gasteiger partial charge < -0.3 is 9.64 Å². The van der Waals surface area contributed by atoms with E-state index in [1.165, 1.54) is 37.7 Å². The molecule has 5 heteroatoms. The van der Waals surface area contributed by atoms with Crippen LogP contribution < -0.4 is 0 Å². The second kappa shape index (κ2) is 8.95. The van der Waals surface area contributed by atoms with Crippen LogP contribution in [-0.2, 0) is 20.3 Å². The van der Waals surface area contributed by atoms with Gasteiger partial charge in [-0.25, -0.2) is 0 Å². The van der Waals surface area contributed by atoms with Crippen molar-refractivity contribution < 1.29 is 13.7 Å². The molecule has 2 atom stereocenters. The van der Waals surface area contributed by atoms with Gasteiger partial charge in [0, 0.05) is 23.9 Å². The number of hydrogen-bond acceptors (Lipinski definition) is 3. The minimum absolute atomic E-state index is 0.0210. The molecular formula is C20H29NO3S. The average molecular weight is 364 g/mol. The summed E-state index contributed by atoms with van der Waals surface area (Å²) in [6, 6.07) is 8.60. The molecule has 138 valence electrons. The largest absolute Gasteiger partial charge is 0.378 e. The van der Waals surface area contributed by atoms with Crippen LogP contribution in [0.5, 0.6) is 0 Å². The van der Waals surface area contributed by atoms with Crippen molar-refractivity contribution in [2.75, 3.05) is 32.1 Å². The van der Waals surface area contributed by atoms with Crippen LogP contribution in [0.3, 0.4) is 0 Å². The van der Waals surface area contributed by atoms with Gasteiger partial charge >= 0.3 is 0 Å². The fraction of sp³-hybridized carbons (Fsp3) is 0.650. The molecule has 1 aliphatic heterocycles. The third-order valence-corrected chi connectivity index (χ3v) is 7.10. The van der Waals surface area contributed by atoms with Gasteiger partial charge in [-0.1, -0.05) is 43.5 Å². The Hall–Kier alpha value is -1.20. The lowest BCUT2D eigenvalue weighted by atomic mass is 9.84. The molecule has 0 aromatic heterocycles. The Bertz CT molecular complexity index is 589. The molecule has 4 nitrogen and oxygen atoms in total. The van der Waals surface area contributed by atoms with Gasteiger partial charge in [0.05, 0.1) is 18.5 Å². The van der Waals surface area contributed by atoms with Gasteiger partial charge in [-0.15, -0.1) is 0 Å². The summed E-state index contributed by atoms with van der Waals surface area (Å²) in [6.07, 6.45) is 6.60. The highest BCUT2D eigenvalue weighted by molar-refractivity contribution is 7.86. The quantitative estimate of drug-likeness (QED) is 0.805. The van der Waals surface area contributed by atoms with E-state index in [0.29, 0.717) is 32.2 Å². The Balaban J connectivity index is 1.56. The van der Waals surface area contributed by atoms with E-state index in [4.69, 9.17) is 4.74 Å². The Kier molecular flexibility index (Phi) is 6.65. The Labute approximate surface area is 153 Å². The second-order valence-corrected chi connectivity index (χ2v) is 8.92. The van der Waals surface area contributed by atoms with E-state index in [2.05, 4.69) is 24.3 Å². The van der Waals surface area contributed by atoms with E-state index in [9.17, 15) is 9.00 Å². The summed E-state index contributed by atoms with van der Waals surface area (Å²) in [7, 11) is -1.19. The van der Waals surface area contributed by atoms with Crippen molar-refractivity contribution in [2.45, 2.75) is 50.2 Å². The summed E-state index contributed by atoms with van der Waals surface area (Å²) in [6.45, 7) is 4.34. The molecule has 0 spiro atoms. The molecular weight excluding hydrogens is 334 g/mol. The van der Waals surface area contributed by atoms with Crippen LogP contribution in [0, 0.1) is 0 Å². The van der Waals surface area contributed by atoms with Crippen LogP contribution >= 0.6 is 0 Å². The van der Waals surface area contributed by atoms with E-state index in [0.717, 1.165) is 5.56 Å². The number of ether oxygens (including phenoxy) is 1. The molecule has 2 aliphatic rings. The van der Waals surface area contributed by atoms with Gasteiger partial charge in [0.25, 0.3) is 0 Å². The molecule has 1 amide bonds. The summed E-state index contributed by atoms with van der Waals surface area (Å²) >= 11 is 0. The average Bonchev–Trinajstić information content (AvgIpc) is 2.69. The summed E-state index contributed by atoms with van der Waals surface area (Å²) in [5, 5.41) is -0.120. The molecule has 1 saturated carbocycles. The number of morpholine rings is 1. The van der Waals surface area contributed by atoms with Gasteiger partial charge in [0.2, 0.25) is 5.91 Å². The van der Waals surface area contributed by atoms with Crippen molar-refractivity contribution in [1.82, 2.24) is 4.90 Å². The first kappa shape index (κ1) is 18.6. The summed E-state index contributed by atoms with van der Waals surface area (Å²) in [5.74, 6) is 0.768. The minimum atomic E-state index is -1.19. The van der Waals surface area contributed by atoms with Gasteiger partial charge in [0.1, 0.15) is 5.75 Å². The van der Waals surface area contributed by atoms with Crippen LogP contribution in [0.25, 0.3) is 0 Å². The highest BCUT2D eigenvalue weighted by Crippen LogP contribution is 2.33. The Morgan fingerprint density at radius 1 is 1.16 bits per heavy atom.